The predicted molar refractivity (Wildman–Crippen MR) is 129 cm³/mol. The number of hydrogen-bond donors (Lipinski definition) is 0. The van der Waals surface area contributed by atoms with E-state index in [-0.39, 0.29) is 17.9 Å². The number of ether oxygens (including phenoxy) is 1. The molecule has 1 saturated carbocycles. The highest BCUT2D eigenvalue weighted by Crippen LogP contribution is 2.42. The van der Waals surface area contributed by atoms with Gasteiger partial charge in [-0.3, -0.25) is 19.6 Å². The summed E-state index contributed by atoms with van der Waals surface area (Å²) in [5, 5.41) is 0. The normalized spacial score (nSPS) is 28.1. The minimum absolute atomic E-state index is 0.0385. The van der Waals surface area contributed by atoms with Crippen molar-refractivity contribution in [2.24, 2.45) is 5.92 Å². The second-order valence-electron chi connectivity index (χ2n) is 10.7. The maximum Gasteiger partial charge on any atom is 0.317 e. The van der Waals surface area contributed by atoms with Crippen LogP contribution in [0.3, 0.4) is 0 Å². The molecular weight excluding hydrogens is 426 g/mol. The largest absolute Gasteiger partial charge is 0.455 e. The monoisotopic (exact) mass is 462 g/mol. The van der Waals surface area contributed by atoms with Gasteiger partial charge in [0.05, 0.1) is 30.6 Å². The van der Waals surface area contributed by atoms with Crippen LogP contribution < -0.4 is 0 Å². The van der Waals surface area contributed by atoms with Crippen molar-refractivity contribution < 1.29 is 18.8 Å². The number of quaternary nitrogens is 1. The molecule has 2 bridgehead atoms. The molecule has 0 radical (unpaired) electrons. The molecule has 4 fully saturated rings. The number of rotatable bonds is 7. The van der Waals surface area contributed by atoms with Gasteiger partial charge in [-0.2, -0.15) is 0 Å². The Bertz CT molecular complexity index is 978. The smallest absolute Gasteiger partial charge is 0.317 e. The molecule has 180 valence electrons. The first-order valence-corrected chi connectivity index (χ1v) is 13.0. The van der Waals surface area contributed by atoms with Crippen LogP contribution in [0.2, 0.25) is 0 Å². The van der Waals surface area contributed by atoms with E-state index >= 15 is 0 Å². The summed E-state index contributed by atoms with van der Waals surface area (Å²) < 4.78 is 7.16. The lowest BCUT2D eigenvalue weighted by Gasteiger charge is -2.52. The van der Waals surface area contributed by atoms with E-state index in [2.05, 4.69) is 22.1 Å². The molecule has 0 unspecified atom stereocenters. The lowest BCUT2D eigenvalue weighted by Crippen LogP contribution is -2.66. The van der Waals surface area contributed by atoms with Gasteiger partial charge >= 0.3 is 5.97 Å². The standard InChI is InChI=1S/C28H36N3O3/c32-25(18-24-19-29-14-15-30-24)20-31-16-10-22(11-17-31)26(21-31)34-27(33)28(12-6-1-2-7-13-28)23-8-4-3-5-9-23/h3-5,8-9,14-15,19,22,26H,1-2,6-7,10-13,16-18,20-21H2/q+1/t22?,26-,31?/m0/s1. The Morgan fingerprint density at radius 2 is 1.74 bits per heavy atom. The summed E-state index contributed by atoms with van der Waals surface area (Å²) in [5.41, 5.74) is 1.29. The van der Waals surface area contributed by atoms with Crippen LogP contribution in [-0.2, 0) is 26.2 Å². The molecule has 1 aromatic carbocycles. The quantitative estimate of drug-likeness (QED) is 0.353. The van der Waals surface area contributed by atoms with Crippen LogP contribution in [0.4, 0.5) is 0 Å². The van der Waals surface area contributed by atoms with Gasteiger partial charge in [-0.05, 0) is 18.4 Å². The van der Waals surface area contributed by atoms with Gasteiger partial charge in [0, 0.05) is 37.4 Å². The Labute approximate surface area is 202 Å². The number of Topliss-reactive ketones (excluding diaryl/α,β-unsaturated/α-hetero) is 1. The summed E-state index contributed by atoms with van der Waals surface area (Å²) in [6.07, 6.45) is 13.4. The number of fused-ring (bicyclic) bond motifs is 3. The molecule has 1 aliphatic carbocycles. The summed E-state index contributed by atoms with van der Waals surface area (Å²) in [7, 11) is 0. The number of aromatic nitrogens is 2. The zero-order valence-electron chi connectivity index (χ0n) is 20.0. The third kappa shape index (κ3) is 4.78. The first-order valence-electron chi connectivity index (χ1n) is 13.0. The van der Waals surface area contributed by atoms with E-state index in [0.717, 1.165) is 73.9 Å². The highest BCUT2D eigenvalue weighted by molar-refractivity contribution is 5.83. The molecule has 0 amide bonds. The molecule has 6 nitrogen and oxygen atoms in total. The first-order chi connectivity index (χ1) is 16.6. The van der Waals surface area contributed by atoms with Crippen molar-refractivity contribution >= 4 is 11.8 Å². The van der Waals surface area contributed by atoms with Crippen molar-refractivity contribution in [3.63, 3.8) is 0 Å². The van der Waals surface area contributed by atoms with Gasteiger partial charge in [-0.15, -0.1) is 0 Å². The van der Waals surface area contributed by atoms with Crippen LogP contribution >= 0.6 is 0 Å². The molecule has 6 rings (SSSR count). The third-order valence-corrected chi connectivity index (χ3v) is 8.48. The SMILES string of the molecule is O=C(Cc1cnccn1)C[N+]12CCC(CC1)[C@@H](OC(=O)C1(c3ccccc3)CCCCCC1)C2. The van der Waals surface area contributed by atoms with Crippen molar-refractivity contribution in [1.82, 2.24) is 9.97 Å². The summed E-state index contributed by atoms with van der Waals surface area (Å²) >= 11 is 0. The lowest BCUT2D eigenvalue weighted by molar-refractivity contribution is -0.939. The summed E-state index contributed by atoms with van der Waals surface area (Å²) in [4.78, 5) is 35.1. The maximum atomic E-state index is 13.9. The topological polar surface area (TPSA) is 69.2 Å². The molecule has 0 N–H and O–H groups in total. The molecule has 3 saturated heterocycles. The molecule has 2 aromatic rings. The Morgan fingerprint density at radius 3 is 2.41 bits per heavy atom. The predicted octanol–water partition coefficient (Wildman–Crippen LogP) is 4.03. The fourth-order valence-corrected chi connectivity index (χ4v) is 6.58. The first kappa shape index (κ1) is 23.2. The number of esters is 1. The van der Waals surface area contributed by atoms with E-state index in [1.165, 1.54) is 12.8 Å². The van der Waals surface area contributed by atoms with Gasteiger partial charge in [0.2, 0.25) is 0 Å². The Kier molecular flexibility index (Phi) is 6.77. The summed E-state index contributed by atoms with van der Waals surface area (Å²) in [5.74, 6) is 0.566. The van der Waals surface area contributed by atoms with Gasteiger partial charge in [0.1, 0.15) is 13.1 Å². The molecule has 4 aliphatic rings. The van der Waals surface area contributed by atoms with E-state index in [4.69, 9.17) is 4.74 Å². The molecular formula is C28H36N3O3+. The third-order valence-electron chi connectivity index (χ3n) is 8.48. The molecule has 4 heterocycles. The van der Waals surface area contributed by atoms with E-state index in [9.17, 15) is 9.59 Å². The molecule has 6 heteroatoms. The average molecular weight is 463 g/mol. The minimum atomic E-state index is -0.531. The number of nitrogens with zero attached hydrogens (tertiary/aromatic N) is 3. The molecule has 3 aliphatic heterocycles. The molecule has 0 spiro atoms. The molecule has 1 aromatic heterocycles. The highest BCUT2D eigenvalue weighted by atomic mass is 16.5. The fraction of sp³-hybridized carbons (Fsp3) is 0.571. The van der Waals surface area contributed by atoms with Gasteiger partial charge < -0.3 is 9.22 Å². The number of benzene rings is 1. The van der Waals surface area contributed by atoms with Crippen LogP contribution in [0.1, 0.15) is 62.6 Å². The number of carbonyl (C=O) groups is 2. The Morgan fingerprint density at radius 1 is 1.00 bits per heavy atom. The highest BCUT2D eigenvalue weighted by Gasteiger charge is 2.50. The van der Waals surface area contributed by atoms with Gasteiger partial charge in [0.25, 0.3) is 0 Å². The minimum Gasteiger partial charge on any atom is -0.455 e. The van der Waals surface area contributed by atoms with Crippen LogP contribution in [0, 0.1) is 5.92 Å². The van der Waals surface area contributed by atoms with E-state index in [1.807, 2.05) is 18.2 Å². The fourth-order valence-electron chi connectivity index (χ4n) is 6.58. The number of carbonyl (C=O) groups excluding carboxylic acids is 2. The van der Waals surface area contributed by atoms with Crippen molar-refractivity contribution in [2.45, 2.75) is 69.3 Å². The second-order valence-corrected chi connectivity index (χ2v) is 10.7. The van der Waals surface area contributed by atoms with E-state index in [0.29, 0.717) is 18.9 Å². The van der Waals surface area contributed by atoms with Crippen molar-refractivity contribution in [3.05, 3.63) is 60.2 Å². The Hall–Kier alpha value is -2.60. The van der Waals surface area contributed by atoms with Crippen LogP contribution in [-0.4, -0.2) is 58.5 Å². The van der Waals surface area contributed by atoms with Gasteiger partial charge in [-0.25, -0.2) is 0 Å². The van der Waals surface area contributed by atoms with Crippen molar-refractivity contribution in [1.29, 1.82) is 0 Å². The van der Waals surface area contributed by atoms with Gasteiger partial charge in [-0.1, -0.05) is 56.0 Å². The number of piperidine rings is 3. The van der Waals surface area contributed by atoms with Crippen molar-refractivity contribution in [3.8, 4) is 0 Å². The lowest BCUT2D eigenvalue weighted by atomic mass is 9.74. The second kappa shape index (κ2) is 9.95. The molecule has 34 heavy (non-hydrogen) atoms. The summed E-state index contributed by atoms with van der Waals surface area (Å²) in [6, 6.07) is 10.3. The zero-order chi connectivity index (χ0) is 23.4. The van der Waals surface area contributed by atoms with E-state index in [1.54, 1.807) is 18.6 Å². The van der Waals surface area contributed by atoms with Crippen LogP contribution in [0.25, 0.3) is 0 Å². The van der Waals surface area contributed by atoms with Crippen LogP contribution in [0.5, 0.6) is 0 Å². The number of ketones is 1. The van der Waals surface area contributed by atoms with Gasteiger partial charge in [0.15, 0.2) is 11.9 Å². The van der Waals surface area contributed by atoms with E-state index < -0.39 is 5.41 Å². The summed E-state index contributed by atoms with van der Waals surface area (Å²) in [6.45, 7) is 3.23. The maximum absolute atomic E-state index is 13.9. The Balaban J connectivity index is 1.30. The molecule has 1 atom stereocenters. The van der Waals surface area contributed by atoms with Crippen LogP contribution in [0.15, 0.2) is 48.9 Å². The van der Waals surface area contributed by atoms with Crippen molar-refractivity contribution in [2.75, 3.05) is 26.2 Å². The zero-order valence-corrected chi connectivity index (χ0v) is 20.0. The average Bonchev–Trinajstić information content (AvgIpc) is 3.13. The number of hydrogen-bond acceptors (Lipinski definition) is 5.